The van der Waals surface area contributed by atoms with Crippen molar-refractivity contribution < 1.29 is 20.1 Å². The minimum Gasteiger partial charge on any atom is -0.304 e. The second-order valence-corrected chi connectivity index (χ2v) is 13.0. The van der Waals surface area contributed by atoms with Crippen LogP contribution in [0, 0.1) is 6.07 Å². The first-order chi connectivity index (χ1) is 15.1. The molecule has 1 radical (unpaired) electrons. The van der Waals surface area contributed by atoms with Crippen molar-refractivity contribution in [2.45, 2.75) is 97.3 Å². The first kappa shape index (κ1) is 26.7. The molecule has 3 aromatic rings. The van der Waals surface area contributed by atoms with Gasteiger partial charge < -0.3 is 4.98 Å². The van der Waals surface area contributed by atoms with E-state index < -0.39 is 0 Å². The van der Waals surface area contributed by atoms with Crippen LogP contribution in [0.5, 0.6) is 0 Å². The van der Waals surface area contributed by atoms with E-state index in [1.165, 1.54) is 11.1 Å². The van der Waals surface area contributed by atoms with E-state index in [2.05, 4.69) is 106 Å². The molecule has 0 bridgehead atoms. The van der Waals surface area contributed by atoms with E-state index in [1.54, 1.807) is 0 Å². The molecule has 2 aromatic heterocycles. The topological polar surface area (TPSA) is 38.7 Å². The third-order valence-corrected chi connectivity index (χ3v) is 6.85. The van der Waals surface area contributed by atoms with Gasteiger partial charge in [-0.2, -0.15) is 0 Å². The van der Waals surface area contributed by atoms with Crippen molar-refractivity contribution >= 4 is 0 Å². The fourth-order valence-electron chi connectivity index (χ4n) is 5.08. The van der Waals surface area contributed by atoms with Gasteiger partial charge >= 0.3 is 0 Å². The van der Waals surface area contributed by atoms with Gasteiger partial charge in [-0.25, -0.2) is 9.97 Å². The average Bonchev–Trinajstić information content (AvgIpc) is 2.90. The number of hydrogen-bond donors (Lipinski definition) is 0. The molecule has 183 valence electrons. The van der Waals surface area contributed by atoms with E-state index in [1.807, 2.05) is 6.20 Å². The predicted molar refractivity (Wildman–Crippen MR) is 138 cm³/mol. The van der Waals surface area contributed by atoms with Crippen LogP contribution in [0.1, 0.15) is 98.2 Å². The summed E-state index contributed by atoms with van der Waals surface area (Å²) in [7, 11) is 0. The molecule has 2 heterocycles. The summed E-state index contributed by atoms with van der Waals surface area (Å²) in [5.41, 5.74) is 8.11. The second-order valence-electron chi connectivity index (χ2n) is 13.0. The largest absolute Gasteiger partial charge is 0.304 e. The number of rotatable bonds is 2. The minimum atomic E-state index is -0.0506. The van der Waals surface area contributed by atoms with Gasteiger partial charge in [0.25, 0.3) is 0 Å². The number of hydrogen-bond acceptors (Lipinski definition) is 3. The molecular weight excluding hydrogens is 595 g/mol. The standard InChI is InChI=1S/C30H38N3.Ir/c1-27(2,3)24-16-25(28(4,5)6)33-26(32-24)20-12-14-23(31-17-20)19-11-13-21-22(15-19)30(9,10)18-29(21,7)8;/h12-17H,18H2,1-10H3;/q-1;. The van der Waals surface area contributed by atoms with Crippen LogP contribution in [-0.4, -0.2) is 15.0 Å². The van der Waals surface area contributed by atoms with Crippen LogP contribution in [0.3, 0.4) is 0 Å². The summed E-state index contributed by atoms with van der Waals surface area (Å²) in [6.07, 6.45) is 3.05. The molecule has 0 atom stereocenters. The Morgan fingerprint density at radius 2 is 1.35 bits per heavy atom. The molecule has 0 spiro atoms. The van der Waals surface area contributed by atoms with Crippen molar-refractivity contribution in [3.8, 4) is 22.6 Å². The van der Waals surface area contributed by atoms with Gasteiger partial charge in [-0.1, -0.05) is 81.4 Å². The number of pyridine rings is 1. The number of aromatic nitrogens is 3. The van der Waals surface area contributed by atoms with Gasteiger partial charge in [-0.05, 0) is 29.0 Å². The third-order valence-electron chi connectivity index (χ3n) is 6.85. The molecule has 0 N–H and O–H groups in total. The van der Waals surface area contributed by atoms with Crippen molar-refractivity contribution in [2.75, 3.05) is 0 Å². The van der Waals surface area contributed by atoms with Crippen molar-refractivity contribution in [2.24, 2.45) is 0 Å². The zero-order valence-electron chi connectivity index (χ0n) is 22.3. The molecule has 0 saturated heterocycles. The Labute approximate surface area is 219 Å². The molecule has 0 amide bonds. The molecular formula is C30H38IrN3-. The van der Waals surface area contributed by atoms with Crippen molar-refractivity contribution in [3.05, 3.63) is 65.1 Å². The number of benzene rings is 1. The Morgan fingerprint density at radius 3 is 1.85 bits per heavy atom. The molecule has 0 saturated carbocycles. The summed E-state index contributed by atoms with van der Waals surface area (Å²) >= 11 is 0. The van der Waals surface area contributed by atoms with Gasteiger partial charge in [0.15, 0.2) is 5.82 Å². The van der Waals surface area contributed by atoms with Crippen molar-refractivity contribution in [1.82, 2.24) is 15.0 Å². The van der Waals surface area contributed by atoms with Gasteiger partial charge in [0.1, 0.15) is 0 Å². The van der Waals surface area contributed by atoms with Crippen LogP contribution in [0.25, 0.3) is 22.6 Å². The van der Waals surface area contributed by atoms with Gasteiger partial charge in [0.05, 0.1) is 11.4 Å². The van der Waals surface area contributed by atoms with E-state index in [4.69, 9.17) is 15.0 Å². The maximum absolute atomic E-state index is 4.91. The van der Waals surface area contributed by atoms with Crippen LogP contribution >= 0.6 is 0 Å². The smallest absolute Gasteiger partial charge is 0.161 e. The Morgan fingerprint density at radius 1 is 0.794 bits per heavy atom. The summed E-state index contributed by atoms with van der Waals surface area (Å²) in [6, 6.07) is 14.3. The van der Waals surface area contributed by atoms with E-state index in [0.717, 1.165) is 40.5 Å². The average molecular weight is 633 g/mol. The Hall–Kier alpha value is -1.90. The Bertz CT molecular complexity index is 1160. The van der Waals surface area contributed by atoms with E-state index in [0.29, 0.717) is 0 Å². The molecule has 3 nitrogen and oxygen atoms in total. The summed E-state index contributed by atoms with van der Waals surface area (Å²) < 4.78 is 0. The monoisotopic (exact) mass is 633 g/mol. The molecule has 0 fully saturated rings. The fourth-order valence-corrected chi connectivity index (χ4v) is 5.08. The number of nitrogens with zero attached hydrogens (tertiary/aromatic N) is 3. The maximum atomic E-state index is 4.91. The van der Waals surface area contributed by atoms with Gasteiger partial charge in [-0.15, -0.1) is 34.9 Å². The summed E-state index contributed by atoms with van der Waals surface area (Å²) in [5.74, 6) is 0.743. The molecule has 0 aliphatic heterocycles. The van der Waals surface area contributed by atoms with E-state index in [-0.39, 0.29) is 41.8 Å². The van der Waals surface area contributed by atoms with Crippen LogP contribution in [0.2, 0.25) is 0 Å². The molecule has 0 unspecified atom stereocenters. The van der Waals surface area contributed by atoms with Gasteiger partial charge in [0.2, 0.25) is 0 Å². The van der Waals surface area contributed by atoms with Crippen molar-refractivity contribution in [1.29, 1.82) is 0 Å². The van der Waals surface area contributed by atoms with E-state index >= 15 is 0 Å². The SMILES string of the molecule is CC(C)(C)c1cc(C(C)(C)C)nc(-c2ccc(-c3[c-]cc4c(c3)C(C)(C)CC4(C)C)nc2)n1.[Ir]. The maximum Gasteiger partial charge on any atom is 0.161 e. The van der Waals surface area contributed by atoms with E-state index in [9.17, 15) is 0 Å². The molecule has 4 rings (SSSR count). The molecule has 34 heavy (non-hydrogen) atoms. The molecule has 1 aliphatic carbocycles. The minimum absolute atomic E-state index is 0. The third kappa shape index (κ3) is 5.04. The summed E-state index contributed by atoms with van der Waals surface area (Å²) in [5, 5.41) is 0. The normalized spacial score (nSPS) is 16.6. The fraction of sp³-hybridized carbons (Fsp3) is 0.500. The van der Waals surface area contributed by atoms with Crippen LogP contribution < -0.4 is 0 Å². The first-order valence-corrected chi connectivity index (χ1v) is 12.0. The number of fused-ring (bicyclic) bond motifs is 1. The quantitative estimate of drug-likeness (QED) is 0.274. The Balaban J connectivity index is 0.00000324. The van der Waals surface area contributed by atoms with Gasteiger partial charge in [0, 0.05) is 42.7 Å². The summed E-state index contributed by atoms with van der Waals surface area (Å²) in [4.78, 5) is 14.6. The second kappa shape index (κ2) is 8.64. The predicted octanol–water partition coefficient (Wildman–Crippen LogP) is 7.56. The van der Waals surface area contributed by atoms with Crippen LogP contribution in [-0.2, 0) is 41.8 Å². The van der Waals surface area contributed by atoms with Crippen LogP contribution in [0.4, 0.5) is 0 Å². The molecule has 1 aromatic carbocycles. The zero-order chi connectivity index (χ0) is 24.4. The van der Waals surface area contributed by atoms with Gasteiger partial charge in [-0.3, -0.25) is 0 Å². The zero-order valence-corrected chi connectivity index (χ0v) is 24.7. The summed E-state index contributed by atoms with van der Waals surface area (Å²) in [6.45, 7) is 22.5. The van der Waals surface area contributed by atoms with Crippen LogP contribution in [0.15, 0.2) is 36.5 Å². The first-order valence-electron chi connectivity index (χ1n) is 12.0. The Kier molecular flexibility index (Phi) is 6.79. The molecule has 1 aliphatic rings. The van der Waals surface area contributed by atoms with Crippen molar-refractivity contribution in [3.63, 3.8) is 0 Å². The molecule has 4 heteroatoms.